The van der Waals surface area contributed by atoms with Gasteiger partial charge in [0, 0.05) is 29.5 Å². The average molecular weight is 326 g/mol. The van der Waals surface area contributed by atoms with Gasteiger partial charge in [0.05, 0.1) is 0 Å². The van der Waals surface area contributed by atoms with Crippen molar-refractivity contribution in [1.29, 1.82) is 0 Å². The second kappa shape index (κ2) is 8.41. The molecule has 114 valence electrons. The van der Waals surface area contributed by atoms with Crippen molar-refractivity contribution in [3.05, 3.63) is 29.3 Å². The van der Waals surface area contributed by atoms with Crippen LogP contribution in [0.5, 0.6) is 0 Å². The lowest BCUT2D eigenvalue weighted by molar-refractivity contribution is 0.284. The van der Waals surface area contributed by atoms with Gasteiger partial charge < -0.3 is 9.67 Å². The first-order chi connectivity index (χ1) is 10.3. The highest BCUT2D eigenvalue weighted by atomic mass is 35.5. The molecule has 21 heavy (non-hydrogen) atoms. The average Bonchev–Trinajstić information content (AvgIpc) is 2.90. The zero-order chi connectivity index (χ0) is 15.1. The molecule has 0 fully saturated rings. The van der Waals surface area contributed by atoms with Crippen molar-refractivity contribution >= 4 is 23.4 Å². The van der Waals surface area contributed by atoms with E-state index in [9.17, 15) is 0 Å². The summed E-state index contributed by atoms with van der Waals surface area (Å²) in [6.45, 7) is 3.21. The molecular formula is C15H20ClN3OS. The SMILES string of the molecule is CCn1c(SCCCCCO)nnc1-c1ccc(Cl)cc1. The number of unbranched alkanes of at least 4 members (excludes halogenated alkanes) is 2. The molecule has 0 spiro atoms. The molecule has 1 heterocycles. The molecule has 2 rings (SSSR count). The van der Waals surface area contributed by atoms with Crippen LogP contribution in [0.25, 0.3) is 11.4 Å². The topological polar surface area (TPSA) is 50.9 Å². The number of thioether (sulfide) groups is 1. The van der Waals surface area contributed by atoms with E-state index in [0.29, 0.717) is 0 Å². The second-order valence-corrected chi connectivity index (χ2v) is 6.19. The van der Waals surface area contributed by atoms with Crippen LogP contribution in [0.4, 0.5) is 0 Å². The Morgan fingerprint density at radius 1 is 1.14 bits per heavy atom. The smallest absolute Gasteiger partial charge is 0.191 e. The Kier molecular flexibility index (Phi) is 6.54. The van der Waals surface area contributed by atoms with Crippen LogP contribution in [-0.4, -0.2) is 32.2 Å². The summed E-state index contributed by atoms with van der Waals surface area (Å²) in [5.41, 5.74) is 1.03. The predicted molar refractivity (Wildman–Crippen MR) is 87.8 cm³/mol. The maximum Gasteiger partial charge on any atom is 0.191 e. The van der Waals surface area contributed by atoms with Crippen LogP contribution in [0.3, 0.4) is 0 Å². The normalized spacial score (nSPS) is 11.0. The molecule has 1 aromatic carbocycles. The predicted octanol–water partition coefficient (Wildman–Crippen LogP) is 3.87. The third-order valence-electron chi connectivity index (χ3n) is 3.17. The van der Waals surface area contributed by atoms with Gasteiger partial charge in [0.1, 0.15) is 0 Å². The van der Waals surface area contributed by atoms with Gasteiger partial charge in [0.25, 0.3) is 0 Å². The quantitative estimate of drug-likeness (QED) is 0.591. The molecule has 0 unspecified atom stereocenters. The first-order valence-corrected chi connectivity index (χ1v) is 8.55. The molecule has 4 nitrogen and oxygen atoms in total. The van der Waals surface area contributed by atoms with Crippen molar-refractivity contribution in [3.8, 4) is 11.4 Å². The summed E-state index contributed by atoms with van der Waals surface area (Å²) < 4.78 is 2.12. The zero-order valence-corrected chi connectivity index (χ0v) is 13.7. The van der Waals surface area contributed by atoms with E-state index in [1.54, 1.807) is 11.8 Å². The molecule has 0 aliphatic heterocycles. The van der Waals surface area contributed by atoms with Gasteiger partial charge >= 0.3 is 0 Å². The molecule has 0 aliphatic rings. The van der Waals surface area contributed by atoms with Gasteiger partial charge in [-0.05, 0) is 44.0 Å². The van der Waals surface area contributed by atoms with Gasteiger partial charge in [-0.15, -0.1) is 10.2 Å². The number of hydrogen-bond acceptors (Lipinski definition) is 4. The number of aromatic nitrogens is 3. The van der Waals surface area contributed by atoms with Crippen LogP contribution in [-0.2, 0) is 6.54 Å². The van der Waals surface area contributed by atoms with Crippen molar-refractivity contribution in [1.82, 2.24) is 14.8 Å². The van der Waals surface area contributed by atoms with E-state index in [0.717, 1.165) is 53.1 Å². The first-order valence-electron chi connectivity index (χ1n) is 7.19. The molecule has 0 atom stereocenters. The van der Waals surface area contributed by atoms with E-state index in [2.05, 4.69) is 21.7 Å². The molecule has 0 saturated carbocycles. The van der Waals surface area contributed by atoms with Crippen LogP contribution < -0.4 is 0 Å². The monoisotopic (exact) mass is 325 g/mol. The lowest BCUT2D eigenvalue weighted by atomic mass is 10.2. The van der Waals surface area contributed by atoms with Crippen molar-refractivity contribution in [3.63, 3.8) is 0 Å². The molecule has 0 radical (unpaired) electrons. The van der Waals surface area contributed by atoms with Crippen molar-refractivity contribution < 1.29 is 5.11 Å². The summed E-state index contributed by atoms with van der Waals surface area (Å²) in [6, 6.07) is 7.67. The summed E-state index contributed by atoms with van der Waals surface area (Å²) in [7, 11) is 0. The van der Waals surface area contributed by atoms with Crippen molar-refractivity contribution in [2.45, 2.75) is 37.9 Å². The molecule has 0 aliphatic carbocycles. The number of aliphatic hydroxyl groups is 1. The third kappa shape index (κ3) is 4.46. The van der Waals surface area contributed by atoms with Gasteiger partial charge in [-0.1, -0.05) is 29.8 Å². The van der Waals surface area contributed by atoms with Gasteiger partial charge in [0.15, 0.2) is 11.0 Å². The molecule has 0 saturated heterocycles. The van der Waals surface area contributed by atoms with Gasteiger partial charge in [-0.3, -0.25) is 0 Å². The van der Waals surface area contributed by atoms with Crippen molar-refractivity contribution in [2.75, 3.05) is 12.4 Å². The lowest BCUT2D eigenvalue weighted by Gasteiger charge is -2.07. The Balaban J connectivity index is 2.05. The Morgan fingerprint density at radius 3 is 2.57 bits per heavy atom. The minimum absolute atomic E-state index is 0.274. The first kappa shape index (κ1) is 16.3. The van der Waals surface area contributed by atoms with E-state index in [1.807, 2.05) is 24.3 Å². The standard InChI is InChI=1S/C15H20ClN3OS/c1-2-19-14(12-6-8-13(16)9-7-12)17-18-15(19)21-11-5-3-4-10-20/h6-9,20H,2-5,10-11H2,1H3. The van der Waals surface area contributed by atoms with Crippen LogP contribution >= 0.6 is 23.4 Å². The summed E-state index contributed by atoms with van der Waals surface area (Å²) >= 11 is 7.65. The molecule has 1 aromatic heterocycles. The van der Waals surface area contributed by atoms with E-state index in [1.165, 1.54) is 0 Å². The minimum atomic E-state index is 0.274. The highest BCUT2D eigenvalue weighted by molar-refractivity contribution is 7.99. The maximum absolute atomic E-state index is 8.77. The Morgan fingerprint density at radius 2 is 1.90 bits per heavy atom. The van der Waals surface area contributed by atoms with Gasteiger partial charge in [-0.25, -0.2) is 0 Å². The van der Waals surface area contributed by atoms with Gasteiger partial charge in [-0.2, -0.15) is 0 Å². The van der Waals surface area contributed by atoms with Crippen molar-refractivity contribution in [2.24, 2.45) is 0 Å². The number of benzene rings is 1. The number of halogens is 1. The summed E-state index contributed by atoms with van der Waals surface area (Å²) in [6.07, 6.45) is 3.00. The Bertz CT molecular complexity index is 557. The third-order valence-corrected chi connectivity index (χ3v) is 4.47. The minimum Gasteiger partial charge on any atom is -0.396 e. The van der Waals surface area contributed by atoms with Crippen LogP contribution in [0.15, 0.2) is 29.4 Å². The molecule has 0 bridgehead atoms. The number of nitrogens with zero attached hydrogens (tertiary/aromatic N) is 3. The van der Waals surface area contributed by atoms with Gasteiger partial charge in [0.2, 0.25) is 0 Å². The van der Waals surface area contributed by atoms with Crippen LogP contribution in [0.1, 0.15) is 26.2 Å². The second-order valence-electron chi connectivity index (χ2n) is 4.69. The van der Waals surface area contributed by atoms with E-state index < -0.39 is 0 Å². The van der Waals surface area contributed by atoms with Crippen LogP contribution in [0, 0.1) is 0 Å². The molecule has 2 aromatic rings. The lowest BCUT2D eigenvalue weighted by Crippen LogP contribution is -2.00. The highest BCUT2D eigenvalue weighted by Crippen LogP contribution is 2.25. The van der Waals surface area contributed by atoms with E-state index in [-0.39, 0.29) is 6.61 Å². The molecule has 6 heteroatoms. The maximum atomic E-state index is 8.77. The molecule has 0 amide bonds. The van der Waals surface area contributed by atoms with Crippen LogP contribution in [0.2, 0.25) is 5.02 Å². The fourth-order valence-corrected chi connectivity index (χ4v) is 3.17. The Labute approximate surface area is 134 Å². The number of rotatable bonds is 8. The highest BCUT2D eigenvalue weighted by Gasteiger charge is 2.12. The van der Waals surface area contributed by atoms with E-state index >= 15 is 0 Å². The number of aliphatic hydroxyl groups excluding tert-OH is 1. The summed E-state index contributed by atoms with van der Waals surface area (Å²) in [4.78, 5) is 0. The summed E-state index contributed by atoms with van der Waals surface area (Å²) in [5, 5.41) is 19.1. The fraction of sp³-hybridized carbons (Fsp3) is 0.467. The molecule has 1 N–H and O–H groups in total. The van der Waals surface area contributed by atoms with E-state index in [4.69, 9.17) is 16.7 Å². The molecular weight excluding hydrogens is 306 g/mol. The number of hydrogen-bond donors (Lipinski definition) is 1. The Hall–Kier alpha value is -1.04. The summed E-state index contributed by atoms with van der Waals surface area (Å²) in [5.74, 6) is 1.88. The largest absolute Gasteiger partial charge is 0.396 e. The zero-order valence-electron chi connectivity index (χ0n) is 12.1. The fourth-order valence-electron chi connectivity index (χ4n) is 2.05.